The highest BCUT2D eigenvalue weighted by Crippen LogP contribution is 2.30. The lowest BCUT2D eigenvalue weighted by molar-refractivity contribution is 0.472. The van der Waals surface area contributed by atoms with Crippen LogP contribution in [0.3, 0.4) is 0 Å². The van der Waals surface area contributed by atoms with E-state index in [0.717, 1.165) is 30.5 Å². The predicted molar refractivity (Wildman–Crippen MR) is 85.7 cm³/mol. The molecule has 0 radical (unpaired) electrons. The molecule has 0 aliphatic heterocycles. The molecule has 0 saturated heterocycles. The van der Waals surface area contributed by atoms with Crippen LogP contribution in [0.4, 0.5) is 14.5 Å². The smallest absolute Gasteiger partial charge is 0.151 e. The van der Waals surface area contributed by atoms with Gasteiger partial charge in [-0.2, -0.15) is 0 Å². The molecule has 0 aliphatic carbocycles. The van der Waals surface area contributed by atoms with Gasteiger partial charge in [0.15, 0.2) is 11.6 Å². The Hall–Kier alpha value is -2.49. The fourth-order valence-electron chi connectivity index (χ4n) is 2.13. The Morgan fingerprint density at radius 2 is 1.82 bits per heavy atom. The summed E-state index contributed by atoms with van der Waals surface area (Å²) in [6, 6.07) is 8.67. The molecule has 2 nitrogen and oxygen atoms in total. The minimum absolute atomic E-state index is 0.0152. The Labute approximate surface area is 128 Å². The quantitative estimate of drug-likeness (QED) is 0.753. The summed E-state index contributed by atoms with van der Waals surface area (Å²) in [7, 11) is 0. The maximum Gasteiger partial charge on any atom is 0.151 e. The van der Waals surface area contributed by atoms with Crippen LogP contribution in [0, 0.1) is 11.6 Å². The van der Waals surface area contributed by atoms with E-state index in [1.165, 1.54) is 12.3 Å². The zero-order valence-corrected chi connectivity index (χ0v) is 12.3. The molecular weight excluding hydrogens is 284 g/mol. The molecule has 0 saturated carbocycles. The van der Waals surface area contributed by atoms with E-state index in [2.05, 4.69) is 11.6 Å². The SMILES string of the molecule is C=C(CCC)c1cccc(C=Nc2c(F)cccc2F)c1O. The number of aliphatic imine (C=N–C) groups is 1. The number of rotatable bonds is 5. The molecule has 22 heavy (non-hydrogen) atoms. The maximum atomic E-state index is 13.5. The van der Waals surface area contributed by atoms with Gasteiger partial charge in [-0.15, -0.1) is 0 Å². The van der Waals surface area contributed by atoms with Crippen molar-refractivity contribution in [3.63, 3.8) is 0 Å². The average molecular weight is 301 g/mol. The number of hydrogen-bond donors (Lipinski definition) is 1. The second kappa shape index (κ2) is 6.98. The summed E-state index contributed by atoms with van der Waals surface area (Å²) >= 11 is 0. The molecule has 2 rings (SSSR count). The van der Waals surface area contributed by atoms with Gasteiger partial charge in [-0.1, -0.05) is 38.1 Å². The normalized spacial score (nSPS) is 11.0. The molecule has 0 fully saturated rings. The molecule has 2 aromatic carbocycles. The van der Waals surface area contributed by atoms with Gasteiger partial charge in [0.2, 0.25) is 0 Å². The standard InChI is InChI=1S/C18H17F2NO/c1-3-6-12(2)14-8-4-7-13(18(14)22)11-21-17-15(19)9-5-10-16(17)20/h4-5,7-11,22H,2-3,6H2,1H3. The van der Waals surface area contributed by atoms with Crippen LogP contribution < -0.4 is 0 Å². The molecule has 114 valence electrons. The van der Waals surface area contributed by atoms with Crippen LogP contribution in [-0.4, -0.2) is 11.3 Å². The number of para-hydroxylation sites is 2. The Morgan fingerprint density at radius 1 is 1.18 bits per heavy atom. The molecule has 0 spiro atoms. The number of hydrogen-bond acceptors (Lipinski definition) is 2. The first-order valence-corrected chi connectivity index (χ1v) is 7.02. The zero-order valence-electron chi connectivity index (χ0n) is 12.3. The summed E-state index contributed by atoms with van der Waals surface area (Å²) in [4.78, 5) is 3.82. The van der Waals surface area contributed by atoms with Crippen LogP contribution in [0.2, 0.25) is 0 Å². The fraction of sp³-hybridized carbons (Fsp3) is 0.167. The predicted octanol–water partition coefficient (Wildman–Crippen LogP) is 5.23. The summed E-state index contributed by atoms with van der Waals surface area (Å²) in [5, 5.41) is 10.3. The number of phenolic OH excluding ortho intramolecular Hbond substituents is 1. The minimum atomic E-state index is -0.748. The molecule has 0 aliphatic rings. The van der Waals surface area contributed by atoms with Gasteiger partial charge in [-0.05, 0) is 30.2 Å². The first-order valence-electron chi connectivity index (χ1n) is 7.02. The third-order valence-corrected chi connectivity index (χ3v) is 3.27. The van der Waals surface area contributed by atoms with Crippen LogP contribution in [0.1, 0.15) is 30.9 Å². The fourth-order valence-corrected chi connectivity index (χ4v) is 2.13. The number of phenols is 1. The molecule has 0 heterocycles. The van der Waals surface area contributed by atoms with Gasteiger partial charge in [0, 0.05) is 17.3 Å². The van der Waals surface area contributed by atoms with Crippen molar-refractivity contribution in [1.82, 2.24) is 0 Å². The maximum absolute atomic E-state index is 13.5. The van der Waals surface area contributed by atoms with Gasteiger partial charge in [-0.25, -0.2) is 13.8 Å². The zero-order chi connectivity index (χ0) is 16.1. The van der Waals surface area contributed by atoms with Crippen molar-refractivity contribution < 1.29 is 13.9 Å². The highest BCUT2D eigenvalue weighted by molar-refractivity contribution is 5.88. The van der Waals surface area contributed by atoms with Crippen molar-refractivity contribution in [2.45, 2.75) is 19.8 Å². The Balaban J connectivity index is 2.36. The van der Waals surface area contributed by atoms with Crippen LogP contribution >= 0.6 is 0 Å². The summed E-state index contributed by atoms with van der Waals surface area (Å²) in [5.74, 6) is -1.48. The lowest BCUT2D eigenvalue weighted by Crippen LogP contribution is -1.90. The van der Waals surface area contributed by atoms with E-state index < -0.39 is 11.6 Å². The number of benzene rings is 2. The van der Waals surface area contributed by atoms with E-state index in [4.69, 9.17) is 0 Å². The molecule has 0 unspecified atom stereocenters. The highest BCUT2D eigenvalue weighted by Gasteiger charge is 2.09. The minimum Gasteiger partial charge on any atom is -0.507 e. The molecule has 0 aromatic heterocycles. The first kappa shape index (κ1) is 15.9. The van der Waals surface area contributed by atoms with Crippen LogP contribution in [0.5, 0.6) is 5.75 Å². The number of halogens is 2. The van der Waals surface area contributed by atoms with E-state index >= 15 is 0 Å². The van der Waals surface area contributed by atoms with E-state index in [-0.39, 0.29) is 11.4 Å². The van der Waals surface area contributed by atoms with Crippen molar-refractivity contribution in [3.05, 3.63) is 65.7 Å². The second-order valence-electron chi connectivity index (χ2n) is 4.93. The number of aromatic hydroxyl groups is 1. The van der Waals surface area contributed by atoms with Gasteiger partial charge in [0.25, 0.3) is 0 Å². The third-order valence-electron chi connectivity index (χ3n) is 3.27. The number of allylic oxidation sites excluding steroid dienone is 1. The molecule has 0 bridgehead atoms. The molecule has 0 atom stereocenters. The number of nitrogens with zero attached hydrogens (tertiary/aromatic N) is 1. The Bertz CT molecular complexity index is 703. The van der Waals surface area contributed by atoms with Crippen LogP contribution in [0.15, 0.2) is 48.0 Å². The summed E-state index contributed by atoms with van der Waals surface area (Å²) in [6.07, 6.45) is 2.92. The van der Waals surface area contributed by atoms with Crippen LogP contribution in [-0.2, 0) is 0 Å². The Kier molecular flexibility index (Phi) is 5.04. The molecule has 2 aromatic rings. The monoisotopic (exact) mass is 301 g/mol. The van der Waals surface area contributed by atoms with Crippen molar-refractivity contribution in [1.29, 1.82) is 0 Å². The summed E-state index contributed by atoms with van der Waals surface area (Å²) < 4.78 is 27.1. The van der Waals surface area contributed by atoms with Crippen LogP contribution in [0.25, 0.3) is 5.57 Å². The first-order chi connectivity index (χ1) is 10.5. The van der Waals surface area contributed by atoms with Gasteiger partial charge < -0.3 is 5.11 Å². The lowest BCUT2D eigenvalue weighted by Gasteiger charge is -2.09. The lowest BCUT2D eigenvalue weighted by atomic mass is 10.00. The van der Waals surface area contributed by atoms with Gasteiger partial charge in [0.1, 0.15) is 11.4 Å². The van der Waals surface area contributed by atoms with Crippen molar-refractivity contribution >= 4 is 17.5 Å². The van der Waals surface area contributed by atoms with Gasteiger partial charge in [-0.3, -0.25) is 0 Å². The second-order valence-corrected chi connectivity index (χ2v) is 4.93. The summed E-state index contributed by atoms with van der Waals surface area (Å²) in [5.41, 5.74) is 1.45. The van der Waals surface area contributed by atoms with Crippen molar-refractivity contribution in [2.24, 2.45) is 4.99 Å². The van der Waals surface area contributed by atoms with E-state index in [1.807, 2.05) is 6.92 Å². The molecule has 0 amide bonds. The average Bonchev–Trinajstić information content (AvgIpc) is 2.48. The van der Waals surface area contributed by atoms with Crippen molar-refractivity contribution in [2.75, 3.05) is 0 Å². The van der Waals surface area contributed by atoms with Gasteiger partial charge >= 0.3 is 0 Å². The van der Waals surface area contributed by atoms with E-state index in [1.54, 1.807) is 18.2 Å². The summed E-state index contributed by atoms with van der Waals surface area (Å²) in [6.45, 7) is 5.96. The topological polar surface area (TPSA) is 32.6 Å². The van der Waals surface area contributed by atoms with E-state index in [0.29, 0.717) is 11.1 Å². The Morgan fingerprint density at radius 3 is 2.45 bits per heavy atom. The molecular formula is C18H17F2NO. The molecule has 4 heteroatoms. The largest absolute Gasteiger partial charge is 0.507 e. The molecule has 1 N–H and O–H groups in total. The third kappa shape index (κ3) is 3.39. The van der Waals surface area contributed by atoms with Crippen molar-refractivity contribution in [3.8, 4) is 5.75 Å². The van der Waals surface area contributed by atoms with E-state index in [9.17, 15) is 13.9 Å². The van der Waals surface area contributed by atoms with Gasteiger partial charge in [0.05, 0.1) is 0 Å². The highest BCUT2D eigenvalue weighted by atomic mass is 19.1.